The van der Waals surface area contributed by atoms with E-state index >= 15 is 0 Å². The number of ether oxygens (including phenoxy) is 1. The van der Waals surface area contributed by atoms with Crippen molar-refractivity contribution in [2.75, 3.05) is 25.1 Å². The highest BCUT2D eigenvalue weighted by Gasteiger charge is 2.27. The molecule has 3 heterocycles. The maximum Gasteiger partial charge on any atom is 0.225 e. The fourth-order valence-electron chi connectivity index (χ4n) is 3.34. The Morgan fingerprint density at radius 3 is 2.96 bits per heavy atom. The number of benzene rings is 1. The molecule has 1 aliphatic rings. The number of carbonyl (C=O) groups is 1. The van der Waals surface area contributed by atoms with Crippen LogP contribution in [0.15, 0.2) is 42.6 Å². The molecule has 1 aliphatic heterocycles. The van der Waals surface area contributed by atoms with Crippen LogP contribution in [0.2, 0.25) is 0 Å². The second-order valence-electron chi connectivity index (χ2n) is 6.68. The second kappa shape index (κ2) is 7.92. The Balaban J connectivity index is 1.37. The van der Waals surface area contributed by atoms with Crippen molar-refractivity contribution in [3.63, 3.8) is 0 Å². The van der Waals surface area contributed by atoms with Gasteiger partial charge >= 0.3 is 0 Å². The minimum Gasteiger partial charge on any atom is -0.497 e. The number of pyridine rings is 1. The van der Waals surface area contributed by atoms with Crippen LogP contribution in [-0.4, -0.2) is 36.1 Å². The summed E-state index contributed by atoms with van der Waals surface area (Å²) >= 11 is 1.59. The SMILES string of the molecule is COc1ccc(CNC(=O)[C@H]2CCCN(c3nc4cccnc4s3)C2)cc1. The quantitative estimate of drug-likeness (QED) is 0.734. The summed E-state index contributed by atoms with van der Waals surface area (Å²) in [6, 6.07) is 11.6. The lowest BCUT2D eigenvalue weighted by atomic mass is 9.97. The van der Waals surface area contributed by atoms with E-state index in [1.165, 1.54) is 0 Å². The molecular weight excluding hydrogens is 360 g/mol. The summed E-state index contributed by atoms with van der Waals surface area (Å²) in [6.07, 6.45) is 3.69. The maximum atomic E-state index is 12.7. The maximum absolute atomic E-state index is 12.7. The van der Waals surface area contributed by atoms with Gasteiger partial charge in [0.2, 0.25) is 5.91 Å². The first kappa shape index (κ1) is 17.7. The van der Waals surface area contributed by atoms with Gasteiger partial charge in [-0.25, -0.2) is 9.97 Å². The first-order valence-electron chi connectivity index (χ1n) is 9.10. The van der Waals surface area contributed by atoms with E-state index in [2.05, 4.69) is 20.2 Å². The van der Waals surface area contributed by atoms with Gasteiger partial charge < -0.3 is 15.0 Å². The topological polar surface area (TPSA) is 67.3 Å². The highest BCUT2D eigenvalue weighted by atomic mass is 32.1. The lowest BCUT2D eigenvalue weighted by molar-refractivity contribution is -0.125. The molecule has 0 aliphatic carbocycles. The second-order valence-corrected chi connectivity index (χ2v) is 7.63. The number of amides is 1. The highest BCUT2D eigenvalue weighted by Crippen LogP contribution is 2.30. The Hall–Kier alpha value is -2.67. The summed E-state index contributed by atoms with van der Waals surface area (Å²) in [5.74, 6) is 0.907. The van der Waals surface area contributed by atoms with E-state index in [0.717, 1.165) is 46.2 Å². The van der Waals surface area contributed by atoms with Gasteiger partial charge in [-0.1, -0.05) is 23.5 Å². The van der Waals surface area contributed by atoms with Gasteiger partial charge in [-0.05, 0) is 42.7 Å². The lowest BCUT2D eigenvalue weighted by Gasteiger charge is -2.31. The molecule has 2 aromatic heterocycles. The van der Waals surface area contributed by atoms with Gasteiger partial charge in [0.05, 0.1) is 13.0 Å². The number of thiazole rings is 1. The molecule has 0 saturated carbocycles. The van der Waals surface area contributed by atoms with Crippen LogP contribution in [0.3, 0.4) is 0 Å². The molecule has 27 heavy (non-hydrogen) atoms. The first-order chi connectivity index (χ1) is 13.2. The largest absolute Gasteiger partial charge is 0.497 e. The number of nitrogens with one attached hydrogen (secondary N) is 1. The number of hydrogen-bond acceptors (Lipinski definition) is 6. The third-order valence-corrected chi connectivity index (χ3v) is 5.88. The molecule has 7 heteroatoms. The van der Waals surface area contributed by atoms with Crippen LogP contribution in [0, 0.1) is 5.92 Å². The summed E-state index contributed by atoms with van der Waals surface area (Å²) in [5, 5.41) is 4.02. The Bertz CT molecular complexity index is 892. The normalized spacial score (nSPS) is 17.1. The van der Waals surface area contributed by atoms with E-state index in [-0.39, 0.29) is 11.8 Å². The number of rotatable bonds is 5. The van der Waals surface area contributed by atoms with Crippen molar-refractivity contribution >= 4 is 32.7 Å². The zero-order valence-corrected chi connectivity index (χ0v) is 16.0. The fraction of sp³-hybridized carbons (Fsp3) is 0.350. The van der Waals surface area contributed by atoms with Crippen LogP contribution in [0.5, 0.6) is 5.75 Å². The smallest absolute Gasteiger partial charge is 0.225 e. The average molecular weight is 382 g/mol. The Kier molecular flexibility index (Phi) is 5.20. The number of aromatic nitrogens is 2. The number of anilines is 1. The van der Waals surface area contributed by atoms with Crippen molar-refractivity contribution in [1.29, 1.82) is 0 Å². The summed E-state index contributed by atoms with van der Waals surface area (Å²) in [6.45, 7) is 2.17. The molecule has 0 radical (unpaired) electrons. The summed E-state index contributed by atoms with van der Waals surface area (Å²) in [5.41, 5.74) is 1.98. The number of hydrogen-bond donors (Lipinski definition) is 1. The standard InChI is InChI=1S/C20H22N4O2S/c1-26-16-8-6-14(7-9-16)12-22-18(25)15-4-3-11-24(13-15)20-23-17-5-2-10-21-19(17)27-20/h2,5-10,15H,3-4,11-13H2,1H3,(H,22,25)/t15-/m0/s1. The summed E-state index contributed by atoms with van der Waals surface area (Å²) in [7, 11) is 1.65. The van der Waals surface area contributed by atoms with Crippen molar-refractivity contribution in [1.82, 2.24) is 15.3 Å². The predicted molar refractivity (Wildman–Crippen MR) is 107 cm³/mol. The molecule has 1 amide bonds. The number of carbonyl (C=O) groups excluding carboxylic acids is 1. The van der Waals surface area contributed by atoms with Crippen molar-refractivity contribution in [3.8, 4) is 5.75 Å². The van der Waals surface area contributed by atoms with E-state index in [4.69, 9.17) is 4.74 Å². The Labute approximate surface area is 162 Å². The predicted octanol–water partition coefficient (Wildman–Crippen LogP) is 3.23. The minimum atomic E-state index is -0.0167. The minimum absolute atomic E-state index is 0.0167. The van der Waals surface area contributed by atoms with Crippen molar-refractivity contribution in [2.45, 2.75) is 19.4 Å². The number of fused-ring (bicyclic) bond motifs is 1. The van der Waals surface area contributed by atoms with Crippen LogP contribution in [0.1, 0.15) is 18.4 Å². The molecule has 1 atom stereocenters. The molecule has 1 fully saturated rings. The molecule has 1 saturated heterocycles. The van der Waals surface area contributed by atoms with E-state index in [1.807, 2.05) is 36.4 Å². The molecule has 140 valence electrons. The van der Waals surface area contributed by atoms with Gasteiger partial charge in [0.1, 0.15) is 16.1 Å². The number of nitrogens with zero attached hydrogens (tertiary/aromatic N) is 3. The van der Waals surface area contributed by atoms with Gasteiger partial charge in [0, 0.05) is 25.8 Å². The average Bonchev–Trinajstić information content (AvgIpc) is 3.17. The van der Waals surface area contributed by atoms with Gasteiger partial charge in [-0.3, -0.25) is 4.79 Å². The monoisotopic (exact) mass is 382 g/mol. The zero-order chi connectivity index (χ0) is 18.6. The third-order valence-electron chi connectivity index (χ3n) is 4.84. The molecule has 1 aromatic carbocycles. The molecule has 0 spiro atoms. The van der Waals surface area contributed by atoms with E-state index in [9.17, 15) is 4.79 Å². The Morgan fingerprint density at radius 2 is 2.19 bits per heavy atom. The van der Waals surface area contributed by atoms with Gasteiger partial charge in [-0.2, -0.15) is 0 Å². The van der Waals surface area contributed by atoms with E-state index in [1.54, 1.807) is 24.6 Å². The van der Waals surface area contributed by atoms with Crippen LogP contribution >= 0.6 is 11.3 Å². The zero-order valence-electron chi connectivity index (χ0n) is 15.2. The van der Waals surface area contributed by atoms with Gasteiger partial charge in [0.15, 0.2) is 5.13 Å². The third kappa shape index (κ3) is 4.03. The van der Waals surface area contributed by atoms with E-state index < -0.39 is 0 Å². The van der Waals surface area contributed by atoms with Crippen molar-refractivity contribution < 1.29 is 9.53 Å². The first-order valence-corrected chi connectivity index (χ1v) is 9.92. The van der Waals surface area contributed by atoms with Crippen LogP contribution < -0.4 is 15.0 Å². The van der Waals surface area contributed by atoms with Crippen LogP contribution in [0.4, 0.5) is 5.13 Å². The molecule has 0 bridgehead atoms. The molecule has 4 rings (SSSR count). The molecule has 0 unspecified atom stereocenters. The summed E-state index contributed by atoms with van der Waals surface area (Å²) in [4.78, 5) is 24.9. The molecule has 3 aromatic rings. The van der Waals surface area contributed by atoms with Gasteiger partial charge in [-0.15, -0.1) is 0 Å². The van der Waals surface area contributed by atoms with E-state index in [0.29, 0.717) is 13.1 Å². The van der Waals surface area contributed by atoms with Crippen LogP contribution in [0.25, 0.3) is 10.3 Å². The molecular formula is C20H22N4O2S. The summed E-state index contributed by atoms with van der Waals surface area (Å²) < 4.78 is 5.16. The number of piperidine rings is 1. The lowest BCUT2D eigenvalue weighted by Crippen LogP contribution is -2.42. The molecule has 6 nitrogen and oxygen atoms in total. The molecule has 1 N–H and O–H groups in total. The van der Waals surface area contributed by atoms with Crippen LogP contribution in [-0.2, 0) is 11.3 Å². The highest BCUT2D eigenvalue weighted by molar-refractivity contribution is 7.21. The Morgan fingerprint density at radius 1 is 1.33 bits per heavy atom. The van der Waals surface area contributed by atoms with Crippen molar-refractivity contribution in [2.24, 2.45) is 5.92 Å². The fourth-order valence-corrected chi connectivity index (χ4v) is 4.28. The number of methoxy groups -OCH3 is 1. The van der Waals surface area contributed by atoms with Gasteiger partial charge in [0.25, 0.3) is 0 Å². The van der Waals surface area contributed by atoms with Crippen molar-refractivity contribution in [3.05, 3.63) is 48.2 Å².